The monoisotopic (exact) mass is 257 g/mol. The van der Waals surface area contributed by atoms with E-state index < -0.39 is 0 Å². The van der Waals surface area contributed by atoms with Crippen LogP contribution in [0.3, 0.4) is 0 Å². The Kier molecular flexibility index (Phi) is 3.31. The fraction of sp³-hybridized carbons (Fsp3) is 0.0769. The Labute approximate surface area is 109 Å². The van der Waals surface area contributed by atoms with Crippen molar-refractivity contribution >= 4 is 27.9 Å². The molecule has 18 heavy (non-hydrogen) atoms. The van der Waals surface area contributed by atoms with Crippen molar-refractivity contribution in [2.45, 2.75) is 6.92 Å². The third kappa shape index (κ3) is 2.19. The van der Waals surface area contributed by atoms with Crippen LogP contribution < -0.4 is 11.1 Å². The maximum absolute atomic E-state index is 12.1. The van der Waals surface area contributed by atoms with Crippen molar-refractivity contribution in [3.63, 3.8) is 0 Å². The van der Waals surface area contributed by atoms with E-state index in [1.54, 1.807) is 19.1 Å². The van der Waals surface area contributed by atoms with Crippen LogP contribution in [-0.2, 0) is 0 Å². The predicted octanol–water partition coefficient (Wildman–Crippen LogP) is 2.76. The zero-order chi connectivity index (χ0) is 13.1. The van der Waals surface area contributed by atoms with Crippen LogP contribution >= 0.6 is 11.3 Å². The Morgan fingerprint density at radius 3 is 2.67 bits per heavy atom. The summed E-state index contributed by atoms with van der Waals surface area (Å²) < 4.78 is 0. The number of thiophene rings is 1. The summed E-state index contributed by atoms with van der Waals surface area (Å²) in [5.41, 5.74) is 7.01. The number of rotatable bonds is 2. The topological polar surface area (TPSA) is 78.9 Å². The number of hydrogen-bond acceptors (Lipinski definition) is 4. The highest BCUT2D eigenvalue weighted by atomic mass is 32.1. The molecule has 5 heteroatoms. The summed E-state index contributed by atoms with van der Waals surface area (Å²) in [6.07, 6.45) is 0. The standard InChI is InChI=1S/C13H11N3OS/c1-8-11(10(7-14)12(15)18-8)13(17)16-9-5-3-2-4-6-9/h2-6H,15H2,1H3,(H,16,17). The van der Waals surface area contributed by atoms with Gasteiger partial charge in [0.25, 0.3) is 5.91 Å². The molecule has 0 saturated carbocycles. The van der Waals surface area contributed by atoms with Gasteiger partial charge in [-0.15, -0.1) is 11.3 Å². The first-order valence-corrected chi connectivity index (χ1v) is 6.10. The second kappa shape index (κ2) is 4.90. The smallest absolute Gasteiger partial charge is 0.258 e. The maximum atomic E-state index is 12.1. The Morgan fingerprint density at radius 1 is 1.39 bits per heavy atom. The maximum Gasteiger partial charge on any atom is 0.258 e. The molecule has 2 aromatic rings. The molecule has 0 saturated heterocycles. The molecular formula is C13H11N3OS. The molecule has 0 fully saturated rings. The number of amides is 1. The molecule has 0 spiro atoms. The summed E-state index contributed by atoms with van der Waals surface area (Å²) in [7, 11) is 0. The summed E-state index contributed by atoms with van der Waals surface area (Å²) in [5.74, 6) is -0.303. The molecule has 2 rings (SSSR count). The van der Waals surface area contributed by atoms with E-state index in [4.69, 9.17) is 11.0 Å². The lowest BCUT2D eigenvalue weighted by molar-refractivity contribution is 0.102. The molecule has 0 aliphatic heterocycles. The number of nitrogens with one attached hydrogen (secondary N) is 1. The zero-order valence-electron chi connectivity index (χ0n) is 9.73. The van der Waals surface area contributed by atoms with E-state index in [-0.39, 0.29) is 11.5 Å². The SMILES string of the molecule is Cc1sc(N)c(C#N)c1C(=O)Nc1ccccc1. The number of nitrogens with zero attached hydrogens (tertiary/aromatic N) is 1. The summed E-state index contributed by atoms with van der Waals surface area (Å²) in [6.45, 7) is 1.78. The molecule has 90 valence electrons. The molecule has 4 nitrogen and oxygen atoms in total. The third-order valence-electron chi connectivity index (χ3n) is 2.48. The van der Waals surface area contributed by atoms with Crippen molar-refractivity contribution in [1.29, 1.82) is 5.26 Å². The van der Waals surface area contributed by atoms with Crippen molar-refractivity contribution in [2.24, 2.45) is 0 Å². The van der Waals surface area contributed by atoms with Crippen molar-refractivity contribution in [1.82, 2.24) is 0 Å². The van der Waals surface area contributed by atoms with Crippen molar-refractivity contribution in [3.8, 4) is 6.07 Å². The average molecular weight is 257 g/mol. The number of para-hydroxylation sites is 1. The summed E-state index contributed by atoms with van der Waals surface area (Å²) >= 11 is 1.25. The van der Waals surface area contributed by atoms with Crippen LogP contribution in [0.2, 0.25) is 0 Å². The minimum Gasteiger partial charge on any atom is -0.389 e. The van der Waals surface area contributed by atoms with Gasteiger partial charge in [0.2, 0.25) is 0 Å². The molecule has 1 aromatic heterocycles. The third-order valence-corrected chi connectivity index (χ3v) is 3.42. The highest BCUT2D eigenvalue weighted by molar-refractivity contribution is 7.16. The van der Waals surface area contributed by atoms with E-state index in [2.05, 4.69) is 5.32 Å². The van der Waals surface area contributed by atoms with Crippen LogP contribution in [-0.4, -0.2) is 5.91 Å². The van der Waals surface area contributed by atoms with Crippen molar-refractivity contribution in [3.05, 3.63) is 46.3 Å². The second-order valence-electron chi connectivity index (χ2n) is 3.70. The van der Waals surface area contributed by atoms with Crippen LogP contribution in [0.1, 0.15) is 20.8 Å². The molecule has 0 atom stereocenters. The van der Waals surface area contributed by atoms with E-state index in [0.717, 1.165) is 4.88 Å². The normalized spacial score (nSPS) is 9.78. The minimum absolute atomic E-state index is 0.255. The lowest BCUT2D eigenvalue weighted by atomic mass is 10.1. The van der Waals surface area contributed by atoms with E-state index in [0.29, 0.717) is 16.3 Å². The van der Waals surface area contributed by atoms with E-state index >= 15 is 0 Å². The molecule has 3 N–H and O–H groups in total. The number of aryl methyl sites for hydroxylation is 1. The Bertz CT molecular complexity index is 626. The van der Waals surface area contributed by atoms with Gasteiger partial charge in [0.15, 0.2) is 0 Å². The highest BCUT2D eigenvalue weighted by Crippen LogP contribution is 2.30. The first-order valence-electron chi connectivity index (χ1n) is 5.29. The largest absolute Gasteiger partial charge is 0.389 e. The quantitative estimate of drug-likeness (QED) is 0.868. The number of carbonyl (C=O) groups is 1. The molecule has 0 unspecified atom stereocenters. The summed E-state index contributed by atoms with van der Waals surface area (Å²) in [5, 5.41) is 12.2. The van der Waals surface area contributed by atoms with Gasteiger partial charge in [-0.05, 0) is 19.1 Å². The molecule has 0 aliphatic rings. The van der Waals surface area contributed by atoms with Gasteiger partial charge in [-0.2, -0.15) is 5.26 Å². The lowest BCUT2D eigenvalue weighted by Crippen LogP contribution is -2.13. The summed E-state index contributed by atoms with van der Waals surface area (Å²) in [6, 6.07) is 11.1. The van der Waals surface area contributed by atoms with Crippen LogP contribution in [0.5, 0.6) is 0 Å². The fourth-order valence-electron chi connectivity index (χ4n) is 1.67. The average Bonchev–Trinajstić information content (AvgIpc) is 2.64. The first-order chi connectivity index (χ1) is 8.63. The Balaban J connectivity index is 2.33. The first kappa shape index (κ1) is 12.1. The van der Waals surface area contributed by atoms with Crippen LogP contribution in [0, 0.1) is 18.3 Å². The van der Waals surface area contributed by atoms with Crippen molar-refractivity contribution in [2.75, 3.05) is 11.1 Å². The van der Waals surface area contributed by atoms with Gasteiger partial charge in [-0.3, -0.25) is 4.79 Å². The molecule has 0 aliphatic carbocycles. The highest BCUT2D eigenvalue weighted by Gasteiger charge is 2.20. The molecule has 1 aromatic carbocycles. The second-order valence-corrected chi connectivity index (χ2v) is 4.96. The number of carbonyl (C=O) groups excluding carboxylic acids is 1. The number of nitrogen functional groups attached to an aromatic ring is 1. The molecular weight excluding hydrogens is 246 g/mol. The van der Waals surface area contributed by atoms with Gasteiger partial charge >= 0.3 is 0 Å². The van der Waals surface area contributed by atoms with Crippen LogP contribution in [0.4, 0.5) is 10.7 Å². The Morgan fingerprint density at radius 2 is 2.06 bits per heavy atom. The van der Waals surface area contributed by atoms with E-state index in [1.165, 1.54) is 11.3 Å². The lowest BCUT2D eigenvalue weighted by Gasteiger charge is -2.04. The number of benzene rings is 1. The fourth-order valence-corrected chi connectivity index (χ4v) is 2.54. The van der Waals surface area contributed by atoms with Gasteiger partial charge in [0, 0.05) is 10.6 Å². The van der Waals surface area contributed by atoms with Crippen LogP contribution in [0.15, 0.2) is 30.3 Å². The van der Waals surface area contributed by atoms with Gasteiger partial charge in [0.05, 0.1) is 11.1 Å². The van der Waals surface area contributed by atoms with Gasteiger partial charge in [-0.25, -0.2) is 0 Å². The number of nitrogens with two attached hydrogens (primary N) is 1. The molecule has 0 radical (unpaired) electrons. The zero-order valence-corrected chi connectivity index (χ0v) is 10.5. The molecule has 1 heterocycles. The van der Waals surface area contributed by atoms with Gasteiger partial charge in [-0.1, -0.05) is 18.2 Å². The van der Waals surface area contributed by atoms with Crippen LogP contribution in [0.25, 0.3) is 0 Å². The summed E-state index contributed by atoms with van der Waals surface area (Å²) in [4.78, 5) is 12.9. The number of hydrogen-bond donors (Lipinski definition) is 2. The van der Waals surface area contributed by atoms with Gasteiger partial charge < -0.3 is 11.1 Å². The van der Waals surface area contributed by atoms with Crippen molar-refractivity contribution < 1.29 is 4.79 Å². The number of anilines is 2. The van der Waals surface area contributed by atoms with E-state index in [1.807, 2.05) is 24.3 Å². The Hall–Kier alpha value is -2.32. The van der Waals surface area contributed by atoms with Gasteiger partial charge in [0.1, 0.15) is 11.1 Å². The number of nitriles is 1. The molecule has 0 bridgehead atoms. The minimum atomic E-state index is -0.303. The molecule has 1 amide bonds. The predicted molar refractivity (Wildman–Crippen MR) is 72.6 cm³/mol. The van der Waals surface area contributed by atoms with E-state index in [9.17, 15) is 4.79 Å².